The minimum Gasteiger partial charge on any atom is -0.469 e. The summed E-state index contributed by atoms with van der Waals surface area (Å²) in [5, 5.41) is 3.54. The molecule has 0 spiro atoms. The van der Waals surface area contributed by atoms with E-state index < -0.39 is 0 Å². The maximum absolute atomic E-state index is 11.0. The van der Waals surface area contributed by atoms with Gasteiger partial charge in [0.2, 0.25) is 0 Å². The van der Waals surface area contributed by atoms with Crippen LogP contribution in [0.25, 0.3) is 0 Å². The molecule has 0 saturated carbocycles. The van der Waals surface area contributed by atoms with E-state index in [0.29, 0.717) is 12.5 Å². The van der Waals surface area contributed by atoms with E-state index in [2.05, 4.69) is 44.2 Å². The summed E-state index contributed by atoms with van der Waals surface area (Å²) >= 11 is 3.52. The van der Waals surface area contributed by atoms with E-state index in [1.165, 1.54) is 24.7 Å². The minimum absolute atomic E-state index is 0.124. The van der Waals surface area contributed by atoms with Crippen LogP contribution in [0.3, 0.4) is 0 Å². The van der Waals surface area contributed by atoms with Crippen molar-refractivity contribution in [2.24, 2.45) is 0 Å². The molecule has 1 aliphatic carbocycles. The summed E-state index contributed by atoms with van der Waals surface area (Å²) in [6, 6.07) is 7.08. The van der Waals surface area contributed by atoms with Crippen molar-refractivity contribution in [3.8, 4) is 0 Å². The van der Waals surface area contributed by atoms with Gasteiger partial charge in [-0.05, 0) is 55.5 Å². The second-order valence-corrected chi connectivity index (χ2v) is 5.90. The zero-order valence-electron chi connectivity index (χ0n) is 11.2. The maximum atomic E-state index is 11.0. The minimum atomic E-state index is -0.124. The van der Waals surface area contributed by atoms with E-state index in [1.807, 2.05) is 0 Å². The Balaban J connectivity index is 1.76. The van der Waals surface area contributed by atoms with Crippen molar-refractivity contribution >= 4 is 21.9 Å². The predicted molar refractivity (Wildman–Crippen MR) is 79.2 cm³/mol. The average molecular weight is 326 g/mol. The van der Waals surface area contributed by atoms with Crippen LogP contribution in [0.1, 0.15) is 30.4 Å². The van der Waals surface area contributed by atoms with Gasteiger partial charge in [-0.3, -0.25) is 4.79 Å². The number of benzene rings is 1. The molecule has 0 radical (unpaired) electrons. The van der Waals surface area contributed by atoms with Crippen molar-refractivity contribution in [2.75, 3.05) is 13.7 Å². The molecule has 3 nitrogen and oxygen atoms in total. The van der Waals surface area contributed by atoms with Crippen LogP contribution in [0, 0.1) is 0 Å². The fourth-order valence-corrected chi connectivity index (χ4v) is 2.95. The summed E-state index contributed by atoms with van der Waals surface area (Å²) in [6.07, 6.45) is 4.72. The quantitative estimate of drug-likeness (QED) is 0.668. The number of methoxy groups -OCH3 is 1. The summed E-state index contributed by atoms with van der Waals surface area (Å²) in [5.41, 5.74) is 2.90. The molecular formula is C15H20BrNO2. The first-order valence-electron chi connectivity index (χ1n) is 6.76. The number of rotatable bonds is 5. The van der Waals surface area contributed by atoms with Crippen LogP contribution < -0.4 is 5.32 Å². The number of hydrogen-bond acceptors (Lipinski definition) is 3. The molecule has 0 amide bonds. The first-order chi connectivity index (χ1) is 9.19. The zero-order valence-corrected chi connectivity index (χ0v) is 12.8. The monoisotopic (exact) mass is 325 g/mol. The van der Waals surface area contributed by atoms with Crippen molar-refractivity contribution in [1.82, 2.24) is 5.32 Å². The van der Waals surface area contributed by atoms with Crippen LogP contribution in [-0.4, -0.2) is 25.7 Å². The summed E-state index contributed by atoms with van der Waals surface area (Å²) in [4.78, 5) is 11.0. The fourth-order valence-electron chi connectivity index (χ4n) is 2.54. The molecule has 0 aliphatic heterocycles. The molecule has 0 heterocycles. The largest absolute Gasteiger partial charge is 0.469 e. The molecule has 0 bridgehead atoms. The Bertz CT molecular complexity index is 448. The first kappa shape index (κ1) is 14.5. The van der Waals surface area contributed by atoms with Crippen LogP contribution in [0.15, 0.2) is 22.7 Å². The van der Waals surface area contributed by atoms with Crippen molar-refractivity contribution < 1.29 is 9.53 Å². The van der Waals surface area contributed by atoms with Gasteiger partial charge in [-0.1, -0.05) is 22.0 Å². The second kappa shape index (κ2) is 7.06. The molecule has 1 aromatic rings. The van der Waals surface area contributed by atoms with Crippen LogP contribution >= 0.6 is 15.9 Å². The Hall–Kier alpha value is -0.870. The molecular weight excluding hydrogens is 306 g/mol. The molecule has 2 rings (SSSR count). The van der Waals surface area contributed by atoms with Crippen molar-refractivity contribution in [2.45, 2.75) is 38.1 Å². The summed E-state index contributed by atoms with van der Waals surface area (Å²) in [7, 11) is 1.44. The summed E-state index contributed by atoms with van der Waals surface area (Å²) in [6.45, 7) is 0.881. The fraction of sp³-hybridized carbons (Fsp3) is 0.533. The lowest BCUT2D eigenvalue weighted by molar-refractivity contribution is -0.140. The summed E-state index contributed by atoms with van der Waals surface area (Å²) in [5.74, 6) is -0.124. The highest BCUT2D eigenvalue weighted by Gasteiger charge is 2.18. The molecule has 0 saturated heterocycles. The van der Waals surface area contributed by atoms with Crippen LogP contribution in [0.4, 0.5) is 0 Å². The number of aryl methyl sites for hydroxylation is 1. The third kappa shape index (κ3) is 4.32. The number of nitrogens with one attached hydrogen (secondary N) is 1. The van der Waals surface area contributed by atoms with Gasteiger partial charge in [0.05, 0.1) is 7.11 Å². The maximum Gasteiger partial charge on any atom is 0.305 e. The molecule has 0 fully saturated rings. The van der Waals surface area contributed by atoms with E-state index in [0.717, 1.165) is 30.3 Å². The number of ether oxygens (including phenoxy) is 1. The Morgan fingerprint density at radius 2 is 2.32 bits per heavy atom. The standard InChI is InChI=1S/C15H20BrNO2/c1-19-15(18)3-2-8-17-14-7-5-11-9-13(16)6-4-12(11)10-14/h4,6,9,14,17H,2-3,5,7-8,10H2,1H3. The Morgan fingerprint density at radius 1 is 1.47 bits per heavy atom. The Morgan fingerprint density at radius 3 is 3.11 bits per heavy atom. The van der Waals surface area contributed by atoms with Crippen LogP contribution in [0.2, 0.25) is 0 Å². The molecule has 1 aromatic carbocycles. The third-order valence-corrected chi connectivity index (χ3v) is 4.11. The van der Waals surface area contributed by atoms with Gasteiger partial charge >= 0.3 is 5.97 Å². The molecule has 0 aromatic heterocycles. The van der Waals surface area contributed by atoms with Gasteiger partial charge in [-0.2, -0.15) is 0 Å². The molecule has 1 atom stereocenters. The number of fused-ring (bicyclic) bond motifs is 1. The lowest BCUT2D eigenvalue weighted by Crippen LogP contribution is -2.35. The van der Waals surface area contributed by atoms with E-state index in [4.69, 9.17) is 0 Å². The van der Waals surface area contributed by atoms with Gasteiger partial charge in [-0.25, -0.2) is 0 Å². The van der Waals surface area contributed by atoms with Gasteiger partial charge in [0.1, 0.15) is 0 Å². The number of esters is 1. The van der Waals surface area contributed by atoms with Gasteiger partial charge in [-0.15, -0.1) is 0 Å². The van der Waals surface area contributed by atoms with Crippen molar-refractivity contribution in [1.29, 1.82) is 0 Å². The van der Waals surface area contributed by atoms with Crippen LogP contribution in [0.5, 0.6) is 0 Å². The zero-order chi connectivity index (χ0) is 13.7. The third-order valence-electron chi connectivity index (χ3n) is 3.62. The number of halogens is 1. The van der Waals surface area contributed by atoms with Crippen LogP contribution in [-0.2, 0) is 22.4 Å². The SMILES string of the molecule is COC(=O)CCCNC1CCc2cc(Br)ccc2C1. The highest BCUT2D eigenvalue weighted by Crippen LogP contribution is 2.24. The van der Waals surface area contributed by atoms with Crippen molar-refractivity contribution in [3.63, 3.8) is 0 Å². The summed E-state index contributed by atoms with van der Waals surface area (Å²) < 4.78 is 5.79. The van der Waals surface area contributed by atoms with E-state index in [9.17, 15) is 4.79 Å². The highest BCUT2D eigenvalue weighted by molar-refractivity contribution is 9.10. The molecule has 1 aliphatic rings. The topological polar surface area (TPSA) is 38.3 Å². The normalized spacial score (nSPS) is 17.9. The van der Waals surface area contributed by atoms with E-state index >= 15 is 0 Å². The number of hydrogen-bond donors (Lipinski definition) is 1. The molecule has 104 valence electrons. The Kier molecular flexibility index (Phi) is 5.40. The second-order valence-electron chi connectivity index (χ2n) is 4.99. The van der Waals surface area contributed by atoms with Crippen molar-refractivity contribution in [3.05, 3.63) is 33.8 Å². The first-order valence-corrected chi connectivity index (χ1v) is 7.56. The molecule has 1 N–H and O–H groups in total. The van der Waals surface area contributed by atoms with Gasteiger partial charge in [0, 0.05) is 16.9 Å². The predicted octanol–water partition coefficient (Wildman–Crippen LogP) is 2.85. The number of carbonyl (C=O) groups is 1. The Labute approximate surface area is 122 Å². The number of carbonyl (C=O) groups excluding carboxylic acids is 1. The average Bonchev–Trinajstić information content (AvgIpc) is 2.43. The van der Waals surface area contributed by atoms with Gasteiger partial charge in [0.25, 0.3) is 0 Å². The molecule has 4 heteroatoms. The smallest absolute Gasteiger partial charge is 0.305 e. The van der Waals surface area contributed by atoms with Gasteiger partial charge < -0.3 is 10.1 Å². The lowest BCUT2D eigenvalue weighted by atomic mass is 9.88. The highest BCUT2D eigenvalue weighted by atomic mass is 79.9. The van der Waals surface area contributed by atoms with E-state index in [-0.39, 0.29) is 5.97 Å². The van der Waals surface area contributed by atoms with Gasteiger partial charge in [0.15, 0.2) is 0 Å². The lowest BCUT2D eigenvalue weighted by Gasteiger charge is -2.25. The molecule has 1 unspecified atom stereocenters. The molecule has 19 heavy (non-hydrogen) atoms. The van der Waals surface area contributed by atoms with E-state index in [1.54, 1.807) is 0 Å².